The van der Waals surface area contributed by atoms with Crippen LogP contribution in [0.2, 0.25) is 0 Å². The van der Waals surface area contributed by atoms with Crippen LogP contribution in [0.4, 0.5) is 5.69 Å². The Morgan fingerprint density at radius 1 is 1.40 bits per heavy atom. The van der Waals surface area contributed by atoms with Crippen molar-refractivity contribution in [1.82, 2.24) is 10.1 Å². The van der Waals surface area contributed by atoms with Crippen LogP contribution in [0.15, 0.2) is 28.8 Å². The number of rotatable bonds is 3. The van der Waals surface area contributed by atoms with Crippen LogP contribution in [-0.4, -0.2) is 10.1 Å². The maximum Gasteiger partial charge on any atom is 0.226 e. The zero-order valence-electron chi connectivity index (χ0n) is 8.60. The summed E-state index contributed by atoms with van der Waals surface area (Å²) in [5.41, 5.74) is 7.27. The summed E-state index contributed by atoms with van der Waals surface area (Å²) in [6.45, 7) is 2.07. The number of nitrogen functional groups attached to an aromatic ring is 1. The van der Waals surface area contributed by atoms with E-state index in [0.29, 0.717) is 17.4 Å². The summed E-state index contributed by atoms with van der Waals surface area (Å²) in [4.78, 5) is 4.28. The lowest BCUT2D eigenvalue weighted by Crippen LogP contribution is -1.87. The molecule has 0 bridgehead atoms. The van der Waals surface area contributed by atoms with Crippen LogP contribution < -0.4 is 5.73 Å². The van der Waals surface area contributed by atoms with E-state index in [1.54, 1.807) is 0 Å². The molecular weight excluding hydrogens is 190 g/mol. The number of benzene rings is 1. The van der Waals surface area contributed by atoms with Crippen molar-refractivity contribution in [2.75, 3.05) is 5.73 Å². The van der Waals surface area contributed by atoms with Crippen molar-refractivity contribution in [3.8, 4) is 11.4 Å². The van der Waals surface area contributed by atoms with E-state index >= 15 is 0 Å². The maximum absolute atomic E-state index is 5.68. The molecule has 0 fully saturated rings. The summed E-state index contributed by atoms with van der Waals surface area (Å²) < 4.78 is 5.10. The molecule has 0 aliphatic heterocycles. The second-order valence-corrected chi connectivity index (χ2v) is 3.39. The Bertz CT molecular complexity index is 451. The molecule has 0 spiro atoms. The van der Waals surface area contributed by atoms with E-state index in [0.717, 1.165) is 18.4 Å². The molecule has 78 valence electrons. The van der Waals surface area contributed by atoms with E-state index in [9.17, 15) is 0 Å². The van der Waals surface area contributed by atoms with Gasteiger partial charge in [0.15, 0.2) is 0 Å². The minimum absolute atomic E-state index is 0.603. The second-order valence-electron chi connectivity index (χ2n) is 3.39. The average Bonchev–Trinajstić information content (AvgIpc) is 2.67. The van der Waals surface area contributed by atoms with Gasteiger partial charge in [0.05, 0.1) is 0 Å². The van der Waals surface area contributed by atoms with E-state index in [-0.39, 0.29) is 0 Å². The normalized spacial score (nSPS) is 10.5. The molecule has 1 aromatic carbocycles. The predicted molar refractivity (Wildman–Crippen MR) is 58.1 cm³/mol. The third-order valence-electron chi connectivity index (χ3n) is 2.08. The van der Waals surface area contributed by atoms with Crippen molar-refractivity contribution in [2.24, 2.45) is 0 Å². The van der Waals surface area contributed by atoms with Gasteiger partial charge < -0.3 is 10.3 Å². The van der Waals surface area contributed by atoms with Gasteiger partial charge in [-0.15, -0.1) is 0 Å². The fourth-order valence-corrected chi connectivity index (χ4v) is 1.37. The second kappa shape index (κ2) is 4.13. The topological polar surface area (TPSA) is 64.9 Å². The first-order valence-electron chi connectivity index (χ1n) is 4.98. The average molecular weight is 203 g/mol. The number of hydrogen-bond acceptors (Lipinski definition) is 4. The molecule has 4 heteroatoms. The first-order chi connectivity index (χ1) is 7.29. The molecule has 0 amide bonds. The molecule has 0 saturated carbocycles. The first-order valence-corrected chi connectivity index (χ1v) is 4.98. The summed E-state index contributed by atoms with van der Waals surface area (Å²) in [5.74, 6) is 1.28. The van der Waals surface area contributed by atoms with Crippen LogP contribution in [0.3, 0.4) is 0 Å². The summed E-state index contributed by atoms with van der Waals surface area (Å²) in [6, 6.07) is 7.45. The molecule has 0 saturated heterocycles. The molecule has 0 atom stereocenters. The molecule has 15 heavy (non-hydrogen) atoms. The molecule has 2 N–H and O–H groups in total. The van der Waals surface area contributed by atoms with E-state index < -0.39 is 0 Å². The largest absolute Gasteiger partial charge is 0.399 e. The fraction of sp³-hybridized carbons (Fsp3) is 0.273. The van der Waals surface area contributed by atoms with E-state index in [1.807, 2.05) is 24.3 Å². The Labute approximate surface area is 88.1 Å². The van der Waals surface area contributed by atoms with Crippen LogP contribution in [-0.2, 0) is 6.42 Å². The molecule has 0 aliphatic carbocycles. The van der Waals surface area contributed by atoms with Gasteiger partial charge >= 0.3 is 0 Å². The van der Waals surface area contributed by atoms with Crippen LogP contribution >= 0.6 is 0 Å². The number of nitrogens with zero attached hydrogens (tertiary/aromatic N) is 2. The van der Waals surface area contributed by atoms with Crippen LogP contribution in [0.25, 0.3) is 11.4 Å². The first kappa shape index (κ1) is 9.71. The van der Waals surface area contributed by atoms with Gasteiger partial charge in [0.25, 0.3) is 0 Å². The quantitative estimate of drug-likeness (QED) is 0.777. The van der Waals surface area contributed by atoms with Crippen molar-refractivity contribution in [1.29, 1.82) is 0 Å². The molecule has 0 unspecified atom stereocenters. The third kappa shape index (κ3) is 2.15. The highest BCUT2D eigenvalue weighted by Crippen LogP contribution is 2.18. The molecule has 2 aromatic rings. The summed E-state index contributed by atoms with van der Waals surface area (Å²) >= 11 is 0. The number of anilines is 1. The zero-order chi connectivity index (χ0) is 10.7. The van der Waals surface area contributed by atoms with Gasteiger partial charge in [-0.3, -0.25) is 0 Å². The Morgan fingerprint density at radius 2 is 2.27 bits per heavy atom. The van der Waals surface area contributed by atoms with Gasteiger partial charge in [0.1, 0.15) is 0 Å². The highest BCUT2D eigenvalue weighted by molar-refractivity contribution is 5.60. The molecule has 2 rings (SSSR count). The predicted octanol–water partition coefficient (Wildman–Crippen LogP) is 2.27. The SMILES string of the molecule is CCCc1nc(-c2cccc(N)c2)no1. The minimum Gasteiger partial charge on any atom is -0.399 e. The van der Waals surface area contributed by atoms with Crippen LogP contribution in [0.5, 0.6) is 0 Å². The Hall–Kier alpha value is -1.84. The zero-order valence-corrected chi connectivity index (χ0v) is 8.60. The van der Waals surface area contributed by atoms with Gasteiger partial charge in [-0.25, -0.2) is 0 Å². The van der Waals surface area contributed by atoms with Gasteiger partial charge in [0.2, 0.25) is 11.7 Å². The Kier molecular flexibility index (Phi) is 2.67. The summed E-state index contributed by atoms with van der Waals surface area (Å²) in [6.07, 6.45) is 1.81. The molecule has 4 nitrogen and oxygen atoms in total. The monoisotopic (exact) mass is 203 g/mol. The van der Waals surface area contributed by atoms with Crippen LogP contribution in [0.1, 0.15) is 19.2 Å². The third-order valence-corrected chi connectivity index (χ3v) is 2.08. The lowest BCUT2D eigenvalue weighted by molar-refractivity contribution is 0.378. The fourth-order valence-electron chi connectivity index (χ4n) is 1.37. The lowest BCUT2D eigenvalue weighted by Gasteiger charge is -1.95. The minimum atomic E-state index is 0.603. The number of hydrogen-bond donors (Lipinski definition) is 1. The molecule has 1 heterocycles. The Morgan fingerprint density at radius 3 is 3.00 bits per heavy atom. The molecule has 0 aliphatic rings. The van der Waals surface area contributed by atoms with E-state index in [1.165, 1.54) is 0 Å². The van der Waals surface area contributed by atoms with Crippen molar-refractivity contribution >= 4 is 5.69 Å². The van der Waals surface area contributed by atoms with Gasteiger partial charge in [-0.2, -0.15) is 4.98 Å². The summed E-state index contributed by atoms with van der Waals surface area (Å²) in [5, 5.41) is 3.90. The molecule has 0 radical (unpaired) electrons. The smallest absolute Gasteiger partial charge is 0.226 e. The van der Waals surface area contributed by atoms with E-state index in [4.69, 9.17) is 10.3 Å². The van der Waals surface area contributed by atoms with Crippen LogP contribution in [0, 0.1) is 0 Å². The number of nitrogens with two attached hydrogens (primary N) is 1. The highest BCUT2D eigenvalue weighted by Gasteiger charge is 2.07. The molecular formula is C11H13N3O. The van der Waals surface area contributed by atoms with Crippen molar-refractivity contribution in [3.05, 3.63) is 30.2 Å². The summed E-state index contributed by atoms with van der Waals surface area (Å²) in [7, 11) is 0. The molecule has 1 aromatic heterocycles. The lowest BCUT2D eigenvalue weighted by atomic mass is 10.2. The van der Waals surface area contributed by atoms with Gasteiger partial charge in [0, 0.05) is 17.7 Å². The van der Waals surface area contributed by atoms with Gasteiger partial charge in [-0.05, 0) is 18.6 Å². The number of aryl methyl sites for hydroxylation is 1. The van der Waals surface area contributed by atoms with Crippen molar-refractivity contribution < 1.29 is 4.52 Å². The highest BCUT2D eigenvalue weighted by atomic mass is 16.5. The maximum atomic E-state index is 5.68. The Balaban J connectivity index is 2.29. The van der Waals surface area contributed by atoms with E-state index in [2.05, 4.69) is 17.1 Å². The van der Waals surface area contributed by atoms with Crippen molar-refractivity contribution in [3.63, 3.8) is 0 Å². The standard InChI is InChI=1S/C11H13N3O/c1-2-4-10-13-11(14-15-10)8-5-3-6-9(12)7-8/h3,5-7H,2,4,12H2,1H3. The van der Waals surface area contributed by atoms with Gasteiger partial charge in [-0.1, -0.05) is 24.2 Å². The number of aromatic nitrogens is 2. The van der Waals surface area contributed by atoms with Crippen molar-refractivity contribution in [2.45, 2.75) is 19.8 Å².